The number of carbonyl (C=O) groups is 3. The largest absolute Gasteiger partial charge is 0.467 e. The Morgan fingerprint density at radius 2 is 1.57 bits per heavy atom. The van der Waals surface area contributed by atoms with Crippen LogP contribution in [0.25, 0.3) is 0 Å². The number of morpholine rings is 1. The maximum Gasteiger partial charge on any atom is 0.407 e. The maximum atomic E-state index is 14.1. The predicted octanol–water partition coefficient (Wildman–Crippen LogP) is 4.50. The van der Waals surface area contributed by atoms with Crippen LogP contribution in [-0.2, 0) is 33.7 Å². The second-order valence-electron chi connectivity index (χ2n) is 13.0. The van der Waals surface area contributed by atoms with Crippen molar-refractivity contribution in [2.24, 2.45) is 4.99 Å². The van der Waals surface area contributed by atoms with E-state index in [0.717, 1.165) is 24.2 Å². The molecule has 0 bridgehead atoms. The lowest BCUT2D eigenvalue weighted by Crippen LogP contribution is -2.54. The van der Waals surface area contributed by atoms with Gasteiger partial charge in [0.15, 0.2) is 0 Å². The zero-order valence-corrected chi connectivity index (χ0v) is 30.1. The first-order valence-electron chi connectivity index (χ1n) is 17.7. The highest BCUT2D eigenvalue weighted by Crippen LogP contribution is 2.17. The summed E-state index contributed by atoms with van der Waals surface area (Å²) in [6.45, 7) is 4.70. The van der Waals surface area contributed by atoms with Gasteiger partial charge < -0.3 is 34.7 Å². The van der Waals surface area contributed by atoms with E-state index in [1.54, 1.807) is 36.7 Å². The van der Waals surface area contributed by atoms with Gasteiger partial charge in [-0.1, -0.05) is 60.7 Å². The molecule has 1 saturated heterocycles. The van der Waals surface area contributed by atoms with E-state index in [1.165, 1.54) is 4.90 Å². The number of rotatable bonds is 18. The fourth-order valence-corrected chi connectivity index (χ4v) is 6.79. The van der Waals surface area contributed by atoms with Gasteiger partial charge in [-0.2, -0.15) is 0 Å². The van der Waals surface area contributed by atoms with E-state index in [0.29, 0.717) is 64.2 Å². The molecule has 1 fully saturated rings. The number of urea groups is 1. The Labute approximate surface area is 304 Å². The summed E-state index contributed by atoms with van der Waals surface area (Å²) in [5.41, 5.74) is 3.97. The third-order valence-electron chi connectivity index (χ3n) is 8.99. The summed E-state index contributed by atoms with van der Waals surface area (Å²) in [4.78, 5) is 48.4. The Balaban J connectivity index is 1.26. The molecule has 3 aromatic rings. The molecular weight excluding hydrogens is 669 g/mol. The molecule has 4 amide bonds. The van der Waals surface area contributed by atoms with Gasteiger partial charge in [0.2, 0.25) is 5.91 Å². The summed E-state index contributed by atoms with van der Waals surface area (Å²) < 4.78 is 16.5. The fraction of sp³-hybridized carbons (Fsp3) is 0.474. The Morgan fingerprint density at radius 1 is 0.902 bits per heavy atom. The number of amides is 4. The number of furan rings is 1. The molecule has 51 heavy (non-hydrogen) atoms. The number of hydrogen-bond acceptors (Lipinski definition) is 9. The third kappa shape index (κ3) is 13.4. The Morgan fingerprint density at radius 3 is 2.18 bits per heavy atom. The Hall–Kier alpha value is -4.33. The lowest BCUT2D eigenvalue weighted by Gasteiger charge is -2.30. The standard InChI is InChI=1S/C38H50N6O6S/c1-43(26-33-13-8-20-49-33)37(46)42-35(16-17-44-18-21-48-22-19-44)36(45)40-31(23-29-9-4-2-5-10-29)14-15-32(24-30-11-6-3-7-12-30)41-38(47)50-27-34-25-39-28-51-34/h2-13,20,28,31-32,34-35H,14-19,21-27H2,1H3,(H,40,45)(H,41,47)(H,42,46)/t31-,32-,34?,35+/m1/s1. The molecule has 0 aliphatic carbocycles. The number of aliphatic imine (C=N–C) groups is 1. The van der Waals surface area contributed by atoms with Crippen molar-refractivity contribution in [3.8, 4) is 0 Å². The average Bonchev–Trinajstić information content (AvgIpc) is 3.87. The Kier molecular flexibility index (Phi) is 15.2. The lowest BCUT2D eigenvalue weighted by molar-refractivity contribution is -0.124. The van der Waals surface area contributed by atoms with E-state index in [9.17, 15) is 14.4 Å². The van der Waals surface area contributed by atoms with Gasteiger partial charge in [0.25, 0.3) is 0 Å². The van der Waals surface area contributed by atoms with Crippen LogP contribution in [0.5, 0.6) is 0 Å². The highest BCUT2D eigenvalue weighted by molar-refractivity contribution is 8.12. The number of thioether (sulfide) groups is 1. The topological polar surface area (TPSA) is 138 Å². The molecule has 0 spiro atoms. The van der Waals surface area contributed by atoms with Gasteiger partial charge in [-0.25, -0.2) is 9.59 Å². The van der Waals surface area contributed by atoms with E-state index >= 15 is 0 Å². The number of ether oxygens (including phenoxy) is 2. The minimum atomic E-state index is -0.761. The summed E-state index contributed by atoms with van der Waals surface area (Å²) in [5.74, 6) is 0.408. The van der Waals surface area contributed by atoms with Crippen LogP contribution in [0.1, 0.15) is 36.1 Å². The van der Waals surface area contributed by atoms with E-state index in [1.807, 2.05) is 66.7 Å². The molecule has 3 heterocycles. The fourth-order valence-electron chi connectivity index (χ4n) is 6.13. The molecular formula is C38H50N6O6S. The lowest BCUT2D eigenvalue weighted by atomic mass is 9.95. The summed E-state index contributed by atoms with van der Waals surface area (Å²) in [7, 11) is 1.68. The molecule has 13 heteroatoms. The van der Waals surface area contributed by atoms with Gasteiger partial charge in [-0.05, 0) is 55.4 Å². The van der Waals surface area contributed by atoms with Crippen LogP contribution in [0.4, 0.5) is 9.59 Å². The minimum Gasteiger partial charge on any atom is -0.467 e. The monoisotopic (exact) mass is 718 g/mol. The number of hydrogen-bond donors (Lipinski definition) is 3. The molecule has 1 unspecified atom stereocenters. The summed E-state index contributed by atoms with van der Waals surface area (Å²) in [6, 6.07) is 22.0. The van der Waals surface area contributed by atoms with Crippen molar-refractivity contribution in [1.29, 1.82) is 0 Å². The first-order valence-corrected chi connectivity index (χ1v) is 18.6. The number of alkyl carbamates (subject to hydrolysis) is 1. The van der Waals surface area contributed by atoms with Crippen molar-refractivity contribution in [1.82, 2.24) is 25.8 Å². The highest BCUT2D eigenvalue weighted by Gasteiger charge is 2.27. The number of nitrogens with one attached hydrogen (secondary N) is 3. The SMILES string of the molecule is CN(Cc1ccco1)C(=O)N[C@@H](CCN1CCOCC1)C(=O)N[C@H](CC[C@H](Cc1ccccc1)NC(=O)OCC1CN=CS1)Cc1ccccc1. The molecule has 274 valence electrons. The zero-order valence-electron chi connectivity index (χ0n) is 29.3. The molecule has 0 radical (unpaired) electrons. The van der Waals surface area contributed by atoms with E-state index in [-0.39, 0.29) is 42.4 Å². The molecule has 2 aromatic carbocycles. The quantitative estimate of drug-likeness (QED) is 0.175. The zero-order chi connectivity index (χ0) is 35.7. The number of nitrogens with zero attached hydrogens (tertiary/aromatic N) is 3. The molecule has 1 aromatic heterocycles. The van der Waals surface area contributed by atoms with E-state index < -0.39 is 12.1 Å². The second kappa shape index (κ2) is 20.5. The van der Waals surface area contributed by atoms with Gasteiger partial charge in [-0.3, -0.25) is 14.7 Å². The third-order valence-corrected chi connectivity index (χ3v) is 9.93. The van der Waals surface area contributed by atoms with Crippen molar-refractivity contribution in [2.75, 3.05) is 53.0 Å². The first-order chi connectivity index (χ1) is 24.9. The molecule has 4 atom stereocenters. The molecule has 3 N–H and O–H groups in total. The van der Waals surface area contributed by atoms with Crippen molar-refractivity contribution in [2.45, 2.75) is 62.0 Å². The molecule has 2 aliphatic rings. The first kappa shape index (κ1) is 37.9. The van der Waals surface area contributed by atoms with Crippen molar-refractivity contribution < 1.29 is 28.3 Å². The van der Waals surface area contributed by atoms with Crippen LogP contribution in [0.3, 0.4) is 0 Å². The van der Waals surface area contributed by atoms with Crippen LogP contribution >= 0.6 is 11.8 Å². The van der Waals surface area contributed by atoms with Gasteiger partial charge in [-0.15, -0.1) is 11.8 Å². The smallest absolute Gasteiger partial charge is 0.407 e. The molecule has 5 rings (SSSR count). The number of benzene rings is 2. The normalized spacial score (nSPS) is 17.6. The van der Waals surface area contributed by atoms with E-state index in [2.05, 4.69) is 25.8 Å². The van der Waals surface area contributed by atoms with Crippen molar-refractivity contribution >= 4 is 35.3 Å². The second-order valence-corrected chi connectivity index (χ2v) is 14.2. The van der Waals surface area contributed by atoms with Crippen molar-refractivity contribution in [3.63, 3.8) is 0 Å². The Bertz CT molecular complexity index is 1500. The highest BCUT2D eigenvalue weighted by atomic mass is 32.2. The summed E-state index contributed by atoms with van der Waals surface area (Å²) >= 11 is 1.57. The maximum absolute atomic E-state index is 14.1. The van der Waals surface area contributed by atoms with Crippen LogP contribution in [0, 0.1) is 0 Å². The summed E-state index contributed by atoms with van der Waals surface area (Å²) in [6.07, 6.45) is 3.95. The van der Waals surface area contributed by atoms with Gasteiger partial charge in [0.05, 0.1) is 43.4 Å². The van der Waals surface area contributed by atoms with Gasteiger partial charge in [0, 0.05) is 38.8 Å². The van der Waals surface area contributed by atoms with Crippen molar-refractivity contribution in [3.05, 3.63) is 95.9 Å². The molecule has 12 nitrogen and oxygen atoms in total. The van der Waals surface area contributed by atoms with Gasteiger partial charge in [0.1, 0.15) is 18.4 Å². The molecule has 0 saturated carbocycles. The summed E-state index contributed by atoms with van der Waals surface area (Å²) in [5, 5.41) is 9.50. The average molecular weight is 719 g/mol. The van der Waals surface area contributed by atoms with Gasteiger partial charge >= 0.3 is 12.1 Å². The van der Waals surface area contributed by atoms with Crippen LogP contribution < -0.4 is 16.0 Å². The van der Waals surface area contributed by atoms with Crippen LogP contribution in [0.2, 0.25) is 0 Å². The molecule has 2 aliphatic heterocycles. The van der Waals surface area contributed by atoms with Crippen LogP contribution in [-0.4, -0.2) is 110 Å². The van der Waals surface area contributed by atoms with Crippen LogP contribution in [0.15, 0.2) is 88.5 Å². The number of carbonyl (C=O) groups excluding carboxylic acids is 3. The van der Waals surface area contributed by atoms with E-state index in [4.69, 9.17) is 13.9 Å². The predicted molar refractivity (Wildman–Crippen MR) is 199 cm³/mol. The minimum absolute atomic E-state index is 0.135.